The fourth-order valence-electron chi connectivity index (χ4n) is 0.962. The van der Waals surface area contributed by atoms with Gasteiger partial charge in [0.2, 0.25) is 0 Å². The Bertz CT molecular complexity index is 273. The molecule has 0 fully saturated rings. The number of methoxy groups -OCH3 is 1. The fraction of sp³-hybridized carbons (Fsp3) is 0.333. The van der Waals surface area contributed by atoms with Crippen molar-refractivity contribution in [2.24, 2.45) is 0 Å². The largest absolute Gasteiger partial charge is 0.497 e. The van der Waals surface area contributed by atoms with E-state index in [-0.39, 0.29) is 0 Å². The molecular formula is C9H12INO. The smallest absolute Gasteiger partial charge is 0.121 e. The van der Waals surface area contributed by atoms with Crippen molar-refractivity contribution < 1.29 is 4.74 Å². The predicted octanol–water partition coefficient (Wildman–Crippen LogP) is 2.37. The van der Waals surface area contributed by atoms with Crippen LogP contribution in [-0.4, -0.2) is 21.2 Å². The number of hydrogen-bond donors (Lipinski definition) is 0. The van der Waals surface area contributed by atoms with E-state index in [1.807, 2.05) is 26.2 Å². The van der Waals surface area contributed by atoms with Crippen molar-refractivity contribution in [3.63, 3.8) is 0 Å². The lowest BCUT2D eigenvalue weighted by Gasteiger charge is -2.15. The molecule has 1 aromatic rings. The summed E-state index contributed by atoms with van der Waals surface area (Å²) in [7, 11) is 5.73. The molecule has 0 spiro atoms. The number of halogens is 1. The molecule has 1 rings (SSSR count). The summed E-state index contributed by atoms with van der Waals surface area (Å²) < 4.78 is 6.36. The van der Waals surface area contributed by atoms with Crippen LogP contribution in [0.2, 0.25) is 0 Å². The van der Waals surface area contributed by atoms with Crippen LogP contribution in [0.15, 0.2) is 18.2 Å². The fourth-order valence-corrected chi connectivity index (χ4v) is 1.78. The highest BCUT2D eigenvalue weighted by atomic mass is 127. The summed E-state index contributed by atoms with van der Waals surface area (Å²) in [5.41, 5.74) is 1.19. The molecule has 0 saturated heterocycles. The summed E-state index contributed by atoms with van der Waals surface area (Å²) in [6.45, 7) is 0. The lowest BCUT2D eigenvalue weighted by molar-refractivity contribution is 0.415. The molecule has 2 nitrogen and oxygen atoms in total. The van der Waals surface area contributed by atoms with Crippen molar-refractivity contribution in [3.8, 4) is 5.75 Å². The molecule has 0 aliphatic carbocycles. The number of nitrogens with zero attached hydrogens (tertiary/aromatic N) is 1. The quantitative estimate of drug-likeness (QED) is 0.769. The van der Waals surface area contributed by atoms with E-state index in [2.05, 4.69) is 33.6 Å². The first kappa shape index (κ1) is 9.64. The highest BCUT2D eigenvalue weighted by Gasteiger charge is 2.02. The van der Waals surface area contributed by atoms with E-state index in [0.717, 1.165) is 5.75 Å². The minimum absolute atomic E-state index is 0.902. The van der Waals surface area contributed by atoms with Crippen LogP contribution in [0.3, 0.4) is 0 Å². The third-order valence-corrected chi connectivity index (χ3v) is 2.55. The highest BCUT2D eigenvalue weighted by molar-refractivity contribution is 14.1. The summed E-state index contributed by atoms with van der Waals surface area (Å²) in [4.78, 5) is 2.07. The van der Waals surface area contributed by atoms with E-state index < -0.39 is 0 Å². The first-order valence-corrected chi connectivity index (χ1v) is 4.74. The number of rotatable bonds is 2. The molecule has 0 aromatic heterocycles. The lowest BCUT2D eigenvalue weighted by Crippen LogP contribution is -2.10. The van der Waals surface area contributed by atoms with E-state index in [0.29, 0.717) is 0 Å². The summed E-state index contributed by atoms with van der Waals surface area (Å²) >= 11 is 2.31. The van der Waals surface area contributed by atoms with Gasteiger partial charge in [0.1, 0.15) is 5.75 Å². The SMILES string of the molecule is COc1ccc(I)c(N(C)C)c1. The van der Waals surface area contributed by atoms with E-state index in [1.54, 1.807) is 7.11 Å². The summed E-state index contributed by atoms with van der Waals surface area (Å²) in [5, 5.41) is 0. The van der Waals surface area contributed by atoms with E-state index >= 15 is 0 Å². The molecule has 0 bridgehead atoms. The summed E-state index contributed by atoms with van der Waals surface area (Å²) in [5.74, 6) is 0.902. The van der Waals surface area contributed by atoms with Crippen LogP contribution in [0.5, 0.6) is 5.75 Å². The Labute approximate surface area is 86.7 Å². The second-order valence-corrected chi connectivity index (χ2v) is 3.87. The van der Waals surface area contributed by atoms with Crippen molar-refractivity contribution in [2.45, 2.75) is 0 Å². The van der Waals surface area contributed by atoms with Gasteiger partial charge in [-0.2, -0.15) is 0 Å². The molecule has 3 heteroatoms. The molecule has 0 aliphatic rings. The van der Waals surface area contributed by atoms with Crippen molar-refractivity contribution in [1.29, 1.82) is 0 Å². The Morgan fingerprint density at radius 3 is 2.50 bits per heavy atom. The predicted molar refractivity (Wildman–Crippen MR) is 60.0 cm³/mol. The van der Waals surface area contributed by atoms with Gasteiger partial charge in [0.05, 0.1) is 12.8 Å². The van der Waals surface area contributed by atoms with Gasteiger partial charge in [-0.1, -0.05) is 0 Å². The Balaban J connectivity index is 3.08. The average Bonchev–Trinajstić information content (AvgIpc) is 2.05. The molecule has 0 amide bonds. The maximum Gasteiger partial charge on any atom is 0.121 e. The maximum absolute atomic E-state index is 5.13. The monoisotopic (exact) mass is 277 g/mol. The minimum Gasteiger partial charge on any atom is -0.497 e. The molecule has 1 aromatic carbocycles. The molecule has 0 radical (unpaired) electrons. The Kier molecular flexibility index (Phi) is 3.20. The lowest BCUT2D eigenvalue weighted by atomic mass is 10.3. The molecule has 0 saturated carbocycles. The molecule has 12 heavy (non-hydrogen) atoms. The van der Waals surface area contributed by atoms with Gasteiger partial charge < -0.3 is 9.64 Å². The molecule has 0 N–H and O–H groups in total. The second-order valence-electron chi connectivity index (χ2n) is 2.71. The second kappa shape index (κ2) is 3.98. The third kappa shape index (κ3) is 2.03. The molecular weight excluding hydrogens is 265 g/mol. The first-order valence-electron chi connectivity index (χ1n) is 3.66. The summed E-state index contributed by atoms with van der Waals surface area (Å²) in [6.07, 6.45) is 0. The normalized spacial score (nSPS) is 9.67. The van der Waals surface area contributed by atoms with Crippen LogP contribution in [0.25, 0.3) is 0 Å². The van der Waals surface area contributed by atoms with Gasteiger partial charge in [-0.15, -0.1) is 0 Å². The van der Waals surface area contributed by atoms with Crippen LogP contribution < -0.4 is 9.64 Å². The van der Waals surface area contributed by atoms with Crippen LogP contribution in [0.1, 0.15) is 0 Å². The molecule has 0 unspecified atom stereocenters. The van der Waals surface area contributed by atoms with Crippen LogP contribution in [0, 0.1) is 3.57 Å². The topological polar surface area (TPSA) is 12.5 Å². The number of benzene rings is 1. The van der Waals surface area contributed by atoms with Crippen molar-refractivity contribution in [2.75, 3.05) is 26.1 Å². The van der Waals surface area contributed by atoms with Gasteiger partial charge in [0, 0.05) is 23.7 Å². The van der Waals surface area contributed by atoms with Gasteiger partial charge >= 0.3 is 0 Å². The Morgan fingerprint density at radius 1 is 1.33 bits per heavy atom. The third-order valence-electron chi connectivity index (χ3n) is 1.64. The van der Waals surface area contributed by atoms with Gasteiger partial charge in [0.15, 0.2) is 0 Å². The Morgan fingerprint density at radius 2 is 2.00 bits per heavy atom. The first-order chi connectivity index (χ1) is 5.65. The van der Waals surface area contributed by atoms with Gasteiger partial charge in [-0.3, -0.25) is 0 Å². The van der Waals surface area contributed by atoms with Gasteiger partial charge in [0.25, 0.3) is 0 Å². The zero-order valence-corrected chi connectivity index (χ0v) is 9.62. The zero-order chi connectivity index (χ0) is 9.14. The zero-order valence-electron chi connectivity index (χ0n) is 7.47. The number of hydrogen-bond acceptors (Lipinski definition) is 2. The molecule has 66 valence electrons. The van der Waals surface area contributed by atoms with Crippen molar-refractivity contribution in [3.05, 3.63) is 21.8 Å². The van der Waals surface area contributed by atoms with E-state index in [4.69, 9.17) is 4.74 Å². The van der Waals surface area contributed by atoms with Crippen LogP contribution >= 0.6 is 22.6 Å². The number of ether oxygens (including phenoxy) is 1. The summed E-state index contributed by atoms with van der Waals surface area (Å²) in [6, 6.07) is 6.05. The Hall–Kier alpha value is -0.450. The highest BCUT2D eigenvalue weighted by Crippen LogP contribution is 2.25. The standard InChI is InChI=1S/C9H12INO/c1-11(2)9-6-7(12-3)4-5-8(9)10/h4-6H,1-3H3. The molecule has 0 heterocycles. The van der Waals surface area contributed by atoms with Crippen LogP contribution in [0.4, 0.5) is 5.69 Å². The van der Waals surface area contributed by atoms with Crippen molar-refractivity contribution >= 4 is 28.3 Å². The molecule has 0 atom stereocenters. The van der Waals surface area contributed by atoms with Gasteiger partial charge in [-0.25, -0.2) is 0 Å². The maximum atomic E-state index is 5.13. The minimum atomic E-state index is 0.902. The van der Waals surface area contributed by atoms with Crippen LogP contribution in [-0.2, 0) is 0 Å². The molecule has 0 aliphatic heterocycles. The van der Waals surface area contributed by atoms with Crippen molar-refractivity contribution in [1.82, 2.24) is 0 Å². The van der Waals surface area contributed by atoms with E-state index in [1.165, 1.54) is 9.26 Å². The average molecular weight is 277 g/mol. The van der Waals surface area contributed by atoms with Gasteiger partial charge in [-0.05, 0) is 34.7 Å². The number of anilines is 1. The van der Waals surface area contributed by atoms with E-state index in [9.17, 15) is 0 Å².